The molecule has 1 aromatic carbocycles. The van der Waals surface area contributed by atoms with E-state index in [1.807, 2.05) is 24.7 Å². The maximum Gasteiger partial charge on any atom is 0.229 e. The molecule has 3 aromatic rings. The van der Waals surface area contributed by atoms with Crippen molar-refractivity contribution < 1.29 is 4.39 Å². The van der Waals surface area contributed by atoms with Crippen molar-refractivity contribution in [2.45, 2.75) is 10.9 Å². The Morgan fingerprint density at radius 3 is 2.83 bits per heavy atom. The molecule has 0 saturated heterocycles. The number of hydrogen-bond acceptors (Lipinski definition) is 7. The molecule has 0 aliphatic heterocycles. The molecule has 2 N–H and O–H groups in total. The summed E-state index contributed by atoms with van der Waals surface area (Å²) >= 11 is 1.44. The molecule has 0 bridgehead atoms. The second-order valence-electron chi connectivity index (χ2n) is 5.15. The van der Waals surface area contributed by atoms with Crippen LogP contribution < -0.4 is 10.6 Å². The topological polar surface area (TPSA) is 85.8 Å². The van der Waals surface area contributed by atoms with Crippen LogP contribution in [0.2, 0.25) is 0 Å². The molecule has 2 aromatic heterocycles. The Kier molecular flexibility index (Phi) is 4.61. The van der Waals surface area contributed by atoms with Crippen LogP contribution in [0.3, 0.4) is 0 Å². The van der Waals surface area contributed by atoms with Crippen LogP contribution in [-0.2, 0) is 5.75 Å². The van der Waals surface area contributed by atoms with Gasteiger partial charge < -0.3 is 10.6 Å². The summed E-state index contributed by atoms with van der Waals surface area (Å²) in [6.07, 6.45) is 3.45. The number of thioether (sulfide) groups is 1. The van der Waals surface area contributed by atoms with Crippen LogP contribution in [0, 0.1) is 5.82 Å². The lowest BCUT2D eigenvalue weighted by molar-refractivity contribution is 0.626. The number of nitrogens with zero attached hydrogens (tertiary/aromatic N) is 6. The number of anilines is 2. The van der Waals surface area contributed by atoms with E-state index in [0.717, 1.165) is 0 Å². The van der Waals surface area contributed by atoms with Gasteiger partial charge >= 0.3 is 0 Å². The van der Waals surface area contributed by atoms with Gasteiger partial charge in [-0.15, -0.1) is 0 Å². The Morgan fingerprint density at radius 1 is 1.25 bits per heavy atom. The molecule has 0 unspecified atom stereocenters. The monoisotopic (exact) mass is 345 g/mol. The Balaban J connectivity index is 1.80. The van der Waals surface area contributed by atoms with Crippen LogP contribution in [0.4, 0.5) is 16.3 Å². The van der Waals surface area contributed by atoms with Gasteiger partial charge in [0.2, 0.25) is 11.9 Å². The maximum absolute atomic E-state index is 13.4. The van der Waals surface area contributed by atoms with Gasteiger partial charge in [0.25, 0.3) is 0 Å². The predicted octanol–water partition coefficient (Wildman–Crippen LogP) is 2.14. The largest absolute Gasteiger partial charge is 0.368 e. The molecule has 7 nitrogen and oxygen atoms in total. The minimum Gasteiger partial charge on any atom is -0.368 e. The highest BCUT2D eigenvalue weighted by molar-refractivity contribution is 7.98. The highest BCUT2D eigenvalue weighted by Gasteiger charge is 2.10. The van der Waals surface area contributed by atoms with Crippen molar-refractivity contribution >= 4 is 23.7 Å². The summed E-state index contributed by atoms with van der Waals surface area (Å²) in [5.74, 6) is 1.42. The number of hydrogen-bond donors (Lipinski definition) is 1. The van der Waals surface area contributed by atoms with Gasteiger partial charge in [-0.25, -0.2) is 9.37 Å². The van der Waals surface area contributed by atoms with Crippen molar-refractivity contribution in [1.82, 2.24) is 24.5 Å². The molecule has 124 valence electrons. The van der Waals surface area contributed by atoms with E-state index >= 15 is 0 Å². The molecule has 0 aliphatic rings. The molecular weight excluding hydrogens is 329 g/mol. The summed E-state index contributed by atoms with van der Waals surface area (Å²) in [5.41, 5.74) is 6.43. The minimum absolute atomic E-state index is 0.178. The molecule has 24 heavy (non-hydrogen) atoms. The van der Waals surface area contributed by atoms with Crippen LogP contribution in [-0.4, -0.2) is 38.6 Å². The first-order valence-electron chi connectivity index (χ1n) is 7.13. The first-order valence-corrected chi connectivity index (χ1v) is 8.11. The van der Waals surface area contributed by atoms with Crippen molar-refractivity contribution in [2.75, 3.05) is 24.7 Å². The van der Waals surface area contributed by atoms with Crippen LogP contribution in [0.15, 0.2) is 41.8 Å². The predicted molar refractivity (Wildman–Crippen MR) is 91.6 cm³/mol. The van der Waals surface area contributed by atoms with Crippen molar-refractivity contribution in [1.29, 1.82) is 0 Å². The number of nitrogens with two attached hydrogens (primary N) is 1. The zero-order valence-electron chi connectivity index (χ0n) is 13.2. The van der Waals surface area contributed by atoms with E-state index in [0.29, 0.717) is 28.4 Å². The first-order chi connectivity index (χ1) is 11.5. The summed E-state index contributed by atoms with van der Waals surface area (Å²) in [7, 11) is 3.67. The third-order valence-corrected chi connectivity index (χ3v) is 4.07. The standard InChI is InChI=1S/C15H16FN7S/c1-22(2)14-20-12(19-13(17)21-14)9-24-15-18-6-7-23(15)11-5-3-4-10(16)8-11/h3-8H,9H2,1-2H3,(H2,17,19,20,21). The molecular formula is C15H16FN7S. The number of rotatable bonds is 5. The van der Waals surface area contributed by atoms with Crippen LogP contribution >= 0.6 is 11.8 Å². The quantitative estimate of drug-likeness (QED) is 0.709. The minimum atomic E-state index is -0.294. The van der Waals surface area contributed by atoms with Crippen LogP contribution in [0.1, 0.15) is 5.82 Å². The molecule has 0 aliphatic carbocycles. The average molecular weight is 345 g/mol. The summed E-state index contributed by atoms with van der Waals surface area (Å²) in [5, 5.41) is 0.714. The van der Waals surface area contributed by atoms with E-state index in [1.54, 1.807) is 23.4 Å². The Labute approximate surface area is 142 Å². The second-order valence-corrected chi connectivity index (χ2v) is 6.10. The zero-order chi connectivity index (χ0) is 17.1. The summed E-state index contributed by atoms with van der Waals surface area (Å²) in [4.78, 5) is 18.6. The van der Waals surface area contributed by atoms with Gasteiger partial charge in [0, 0.05) is 26.5 Å². The van der Waals surface area contributed by atoms with Crippen LogP contribution in [0.25, 0.3) is 5.69 Å². The van der Waals surface area contributed by atoms with Gasteiger partial charge in [0.05, 0.1) is 11.4 Å². The van der Waals surface area contributed by atoms with Crippen molar-refractivity contribution in [2.24, 2.45) is 0 Å². The van der Waals surface area contributed by atoms with E-state index in [1.165, 1.54) is 23.9 Å². The molecule has 0 spiro atoms. The summed E-state index contributed by atoms with van der Waals surface area (Å²) < 4.78 is 15.2. The van der Waals surface area contributed by atoms with Crippen LogP contribution in [0.5, 0.6) is 0 Å². The second kappa shape index (κ2) is 6.83. The van der Waals surface area contributed by atoms with Gasteiger partial charge in [0.15, 0.2) is 5.16 Å². The smallest absolute Gasteiger partial charge is 0.229 e. The normalized spacial score (nSPS) is 10.8. The molecule has 0 saturated carbocycles. The maximum atomic E-state index is 13.4. The lowest BCUT2D eigenvalue weighted by Crippen LogP contribution is -2.16. The van der Waals surface area contributed by atoms with Crippen molar-refractivity contribution in [3.05, 3.63) is 48.3 Å². The molecule has 0 amide bonds. The number of benzene rings is 1. The Morgan fingerprint density at radius 2 is 2.08 bits per heavy atom. The molecule has 0 radical (unpaired) electrons. The molecule has 3 rings (SSSR count). The van der Waals surface area contributed by atoms with Crippen molar-refractivity contribution in [3.63, 3.8) is 0 Å². The highest BCUT2D eigenvalue weighted by Crippen LogP contribution is 2.24. The average Bonchev–Trinajstić information content (AvgIpc) is 3.01. The first kappa shape index (κ1) is 16.2. The van der Waals surface area contributed by atoms with Crippen molar-refractivity contribution in [3.8, 4) is 5.69 Å². The van der Waals surface area contributed by atoms with Gasteiger partial charge in [-0.3, -0.25) is 4.57 Å². The van der Waals surface area contributed by atoms with E-state index < -0.39 is 0 Å². The van der Waals surface area contributed by atoms with Gasteiger partial charge in [-0.1, -0.05) is 17.8 Å². The SMILES string of the molecule is CN(C)c1nc(N)nc(CSc2nccn2-c2cccc(F)c2)n1. The van der Waals surface area contributed by atoms with Gasteiger partial charge in [-0.05, 0) is 18.2 Å². The number of nitrogen functional groups attached to an aromatic ring is 1. The Hall–Kier alpha value is -2.68. The molecule has 0 fully saturated rings. The fourth-order valence-electron chi connectivity index (χ4n) is 2.04. The number of imidazole rings is 1. The third kappa shape index (κ3) is 3.62. The number of aromatic nitrogens is 5. The Bertz CT molecular complexity index is 849. The fraction of sp³-hybridized carbons (Fsp3) is 0.200. The van der Waals surface area contributed by atoms with E-state index in [-0.39, 0.29) is 11.8 Å². The summed E-state index contributed by atoms with van der Waals surface area (Å²) in [6.45, 7) is 0. The summed E-state index contributed by atoms with van der Waals surface area (Å²) in [6, 6.07) is 6.34. The zero-order valence-corrected chi connectivity index (χ0v) is 14.0. The fourth-order valence-corrected chi connectivity index (χ4v) is 2.87. The molecule has 0 atom stereocenters. The molecule has 2 heterocycles. The molecule has 9 heteroatoms. The van der Waals surface area contributed by atoms with Gasteiger partial charge in [-0.2, -0.15) is 15.0 Å². The lowest BCUT2D eigenvalue weighted by atomic mass is 10.3. The van der Waals surface area contributed by atoms with E-state index in [2.05, 4.69) is 19.9 Å². The third-order valence-electron chi connectivity index (χ3n) is 3.11. The van der Waals surface area contributed by atoms with Gasteiger partial charge in [0.1, 0.15) is 11.6 Å². The lowest BCUT2D eigenvalue weighted by Gasteiger charge is -2.11. The highest BCUT2D eigenvalue weighted by atomic mass is 32.2. The van der Waals surface area contributed by atoms with E-state index in [9.17, 15) is 4.39 Å². The van der Waals surface area contributed by atoms with E-state index in [4.69, 9.17) is 5.73 Å². The number of halogens is 1.